The summed E-state index contributed by atoms with van der Waals surface area (Å²) in [5, 5.41) is 0.309. The summed E-state index contributed by atoms with van der Waals surface area (Å²) in [5.41, 5.74) is 6.03. The Hall–Kier alpha value is -1.79. The van der Waals surface area contributed by atoms with Crippen LogP contribution in [-0.4, -0.2) is 13.4 Å². The summed E-state index contributed by atoms with van der Waals surface area (Å²) >= 11 is 5.88. The van der Waals surface area contributed by atoms with Crippen molar-refractivity contribution in [3.8, 4) is 0 Å². The first-order chi connectivity index (χ1) is 8.50. The van der Waals surface area contributed by atoms with E-state index in [1.165, 1.54) is 18.5 Å². The predicted octanol–water partition coefficient (Wildman–Crippen LogP) is 2.12. The summed E-state index contributed by atoms with van der Waals surface area (Å²) in [6.07, 6.45) is 2.61. The minimum atomic E-state index is -3.79. The minimum absolute atomic E-state index is 0.0788. The van der Waals surface area contributed by atoms with E-state index >= 15 is 0 Å². The Morgan fingerprint density at radius 2 is 1.94 bits per heavy atom. The number of hydrogen-bond donors (Lipinski definition) is 2. The monoisotopic (exact) mass is 283 g/mol. The Bertz CT molecular complexity index is 673. The molecule has 7 heteroatoms. The third kappa shape index (κ3) is 2.55. The fraction of sp³-hybridized carbons (Fsp3) is 0. The van der Waals surface area contributed by atoms with Crippen LogP contribution in [0.3, 0.4) is 0 Å². The molecular formula is C11H10ClN3O2S. The van der Waals surface area contributed by atoms with Crippen LogP contribution >= 0.6 is 11.6 Å². The fourth-order valence-corrected chi connectivity index (χ4v) is 2.75. The number of nitrogen functional groups attached to an aromatic ring is 1. The van der Waals surface area contributed by atoms with Gasteiger partial charge in [-0.25, -0.2) is 8.42 Å². The van der Waals surface area contributed by atoms with Crippen LogP contribution in [0.25, 0.3) is 0 Å². The van der Waals surface area contributed by atoms with Crippen molar-refractivity contribution in [3.05, 3.63) is 47.7 Å². The smallest absolute Gasteiger partial charge is 0.265 e. The van der Waals surface area contributed by atoms with Crippen molar-refractivity contribution in [2.24, 2.45) is 0 Å². The van der Waals surface area contributed by atoms with Gasteiger partial charge in [-0.15, -0.1) is 0 Å². The van der Waals surface area contributed by atoms with Gasteiger partial charge in [0.1, 0.15) is 4.90 Å². The van der Waals surface area contributed by atoms with Gasteiger partial charge in [0.05, 0.1) is 16.4 Å². The maximum atomic E-state index is 12.1. The highest BCUT2D eigenvalue weighted by Crippen LogP contribution is 2.25. The standard InChI is InChI=1S/C11H10ClN3O2S/c12-8-3-1-2-4-10(8)15-18(16,17)11-7-14-6-5-9(11)13/h1-7,15H,(H2,13,14). The van der Waals surface area contributed by atoms with Gasteiger partial charge in [0.25, 0.3) is 10.0 Å². The lowest BCUT2D eigenvalue weighted by Gasteiger charge is -2.10. The molecule has 1 aromatic carbocycles. The highest BCUT2D eigenvalue weighted by molar-refractivity contribution is 7.92. The molecule has 1 heterocycles. The molecule has 0 aliphatic carbocycles. The summed E-state index contributed by atoms with van der Waals surface area (Å²) in [6.45, 7) is 0. The van der Waals surface area contributed by atoms with Crippen LogP contribution < -0.4 is 10.5 Å². The lowest BCUT2D eigenvalue weighted by molar-refractivity contribution is 0.601. The highest BCUT2D eigenvalue weighted by atomic mass is 35.5. The average molecular weight is 284 g/mol. The number of halogens is 1. The van der Waals surface area contributed by atoms with E-state index in [4.69, 9.17) is 17.3 Å². The quantitative estimate of drug-likeness (QED) is 0.903. The van der Waals surface area contributed by atoms with Crippen LogP contribution in [0.2, 0.25) is 5.02 Å². The minimum Gasteiger partial charge on any atom is -0.398 e. The number of nitrogens with zero attached hydrogens (tertiary/aromatic N) is 1. The van der Waals surface area contributed by atoms with Gasteiger partial charge >= 0.3 is 0 Å². The second kappa shape index (κ2) is 4.83. The van der Waals surface area contributed by atoms with Crippen molar-refractivity contribution in [1.29, 1.82) is 0 Å². The Morgan fingerprint density at radius 1 is 1.22 bits per heavy atom. The van der Waals surface area contributed by atoms with E-state index in [9.17, 15) is 8.42 Å². The highest BCUT2D eigenvalue weighted by Gasteiger charge is 2.18. The number of benzene rings is 1. The van der Waals surface area contributed by atoms with Crippen LogP contribution in [0.1, 0.15) is 0 Å². The molecule has 0 saturated carbocycles. The molecule has 0 saturated heterocycles. The number of pyridine rings is 1. The lowest BCUT2D eigenvalue weighted by atomic mass is 10.3. The first-order valence-corrected chi connectivity index (χ1v) is 6.83. The fourth-order valence-electron chi connectivity index (χ4n) is 1.36. The zero-order valence-corrected chi connectivity index (χ0v) is 10.7. The molecule has 0 aliphatic heterocycles. The van der Waals surface area contributed by atoms with E-state index in [0.29, 0.717) is 10.7 Å². The van der Waals surface area contributed by atoms with Gasteiger partial charge in [-0.1, -0.05) is 23.7 Å². The van der Waals surface area contributed by atoms with Crippen molar-refractivity contribution < 1.29 is 8.42 Å². The van der Waals surface area contributed by atoms with Gasteiger partial charge in [0.2, 0.25) is 0 Å². The van der Waals surface area contributed by atoms with Gasteiger partial charge in [-0.05, 0) is 18.2 Å². The van der Waals surface area contributed by atoms with Crippen LogP contribution in [0.4, 0.5) is 11.4 Å². The molecule has 18 heavy (non-hydrogen) atoms. The van der Waals surface area contributed by atoms with Gasteiger partial charge in [-0.2, -0.15) is 0 Å². The van der Waals surface area contributed by atoms with Crippen molar-refractivity contribution in [2.75, 3.05) is 10.5 Å². The van der Waals surface area contributed by atoms with Gasteiger partial charge < -0.3 is 5.73 Å². The van der Waals surface area contributed by atoms with E-state index in [1.54, 1.807) is 24.3 Å². The molecule has 94 valence electrons. The first kappa shape index (κ1) is 12.7. The molecule has 3 N–H and O–H groups in total. The topological polar surface area (TPSA) is 85.1 Å². The molecule has 0 amide bonds. The Morgan fingerprint density at radius 3 is 2.61 bits per heavy atom. The van der Waals surface area contributed by atoms with Gasteiger partial charge in [0.15, 0.2) is 0 Å². The number of sulfonamides is 1. The summed E-state index contributed by atoms with van der Waals surface area (Å²) in [7, 11) is -3.79. The third-order valence-electron chi connectivity index (χ3n) is 2.22. The van der Waals surface area contributed by atoms with Gasteiger partial charge in [-0.3, -0.25) is 9.71 Å². The van der Waals surface area contributed by atoms with Crippen molar-refractivity contribution in [2.45, 2.75) is 4.90 Å². The third-order valence-corrected chi connectivity index (χ3v) is 3.96. The summed E-state index contributed by atoms with van der Waals surface area (Å²) < 4.78 is 26.5. The predicted molar refractivity (Wildman–Crippen MR) is 70.9 cm³/mol. The Balaban J connectivity index is 2.40. The lowest BCUT2D eigenvalue weighted by Crippen LogP contribution is -2.15. The molecule has 0 fully saturated rings. The zero-order chi connectivity index (χ0) is 13.2. The van der Waals surface area contributed by atoms with E-state index in [-0.39, 0.29) is 10.6 Å². The zero-order valence-electron chi connectivity index (χ0n) is 9.17. The van der Waals surface area contributed by atoms with Crippen LogP contribution in [0, 0.1) is 0 Å². The van der Waals surface area contributed by atoms with Crippen LogP contribution in [-0.2, 0) is 10.0 Å². The summed E-state index contributed by atoms with van der Waals surface area (Å²) in [6, 6.07) is 7.95. The number of hydrogen-bond acceptors (Lipinski definition) is 4. The van der Waals surface area contributed by atoms with Crippen molar-refractivity contribution >= 4 is 33.0 Å². The number of anilines is 2. The number of aromatic nitrogens is 1. The molecule has 0 aliphatic rings. The molecule has 0 bridgehead atoms. The molecule has 0 unspecified atom stereocenters. The molecule has 5 nitrogen and oxygen atoms in total. The molecule has 2 aromatic rings. The van der Waals surface area contributed by atoms with E-state index < -0.39 is 10.0 Å². The van der Waals surface area contributed by atoms with E-state index in [2.05, 4.69) is 9.71 Å². The van der Waals surface area contributed by atoms with Crippen LogP contribution in [0.15, 0.2) is 47.6 Å². The van der Waals surface area contributed by atoms with Crippen molar-refractivity contribution in [1.82, 2.24) is 4.98 Å². The first-order valence-electron chi connectivity index (χ1n) is 4.97. The maximum Gasteiger partial charge on any atom is 0.265 e. The number of rotatable bonds is 3. The largest absolute Gasteiger partial charge is 0.398 e. The summed E-state index contributed by atoms with van der Waals surface area (Å²) in [4.78, 5) is 3.66. The molecule has 0 atom stereocenters. The van der Waals surface area contributed by atoms with Crippen molar-refractivity contribution in [3.63, 3.8) is 0 Å². The van der Waals surface area contributed by atoms with E-state index in [0.717, 1.165) is 0 Å². The Kier molecular flexibility index (Phi) is 3.40. The maximum absolute atomic E-state index is 12.1. The average Bonchev–Trinajstić information content (AvgIpc) is 2.32. The normalized spacial score (nSPS) is 11.2. The summed E-state index contributed by atoms with van der Waals surface area (Å²) in [5.74, 6) is 0. The second-order valence-corrected chi connectivity index (χ2v) is 5.56. The number of nitrogens with two attached hydrogens (primary N) is 1. The number of para-hydroxylation sites is 1. The molecular weight excluding hydrogens is 274 g/mol. The second-order valence-electron chi connectivity index (χ2n) is 3.50. The SMILES string of the molecule is Nc1ccncc1S(=O)(=O)Nc1ccccc1Cl. The molecule has 0 radical (unpaired) electrons. The van der Waals surface area contributed by atoms with Crippen LogP contribution in [0.5, 0.6) is 0 Å². The van der Waals surface area contributed by atoms with Gasteiger partial charge in [0, 0.05) is 12.4 Å². The Labute approximate surface area is 110 Å². The molecule has 0 spiro atoms. The molecule has 1 aromatic heterocycles. The number of nitrogens with one attached hydrogen (secondary N) is 1. The van der Waals surface area contributed by atoms with E-state index in [1.807, 2.05) is 0 Å². The molecule has 2 rings (SSSR count).